The van der Waals surface area contributed by atoms with Crippen LogP contribution in [0.4, 0.5) is 0 Å². The van der Waals surface area contributed by atoms with Crippen molar-refractivity contribution in [3.8, 4) is 0 Å². The van der Waals surface area contributed by atoms with Gasteiger partial charge in [-0.05, 0) is 6.42 Å². The third-order valence-corrected chi connectivity index (χ3v) is 1.86. The Morgan fingerprint density at radius 1 is 1.10 bits per heavy atom. The molecule has 0 aliphatic rings. The molecule has 0 spiro atoms. The minimum absolute atomic E-state index is 0.498. The first-order valence-corrected chi connectivity index (χ1v) is 4.07. The van der Waals surface area contributed by atoms with E-state index >= 15 is 0 Å². The lowest BCUT2D eigenvalue weighted by molar-refractivity contribution is -0.876. The van der Waals surface area contributed by atoms with Crippen LogP contribution in [0.1, 0.15) is 27.2 Å². The second-order valence-corrected chi connectivity index (χ2v) is 4.97. The van der Waals surface area contributed by atoms with Gasteiger partial charge >= 0.3 is 0 Å². The maximum atomic E-state index is 2.33. The van der Waals surface area contributed by atoms with Crippen molar-refractivity contribution in [1.29, 1.82) is 0 Å². The highest BCUT2D eigenvalue weighted by atomic mass is 15.3. The summed E-state index contributed by atoms with van der Waals surface area (Å²) in [6.07, 6.45) is 1.27. The molecule has 0 atom stereocenters. The molecule has 0 fully saturated rings. The van der Waals surface area contributed by atoms with Crippen molar-refractivity contribution < 1.29 is 4.48 Å². The van der Waals surface area contributed by atoms with E-state index in [1.165, 1.54) is 13.0 Å². The van der Waals surface area contributed by atoms with Gasteiger partial charge in [0.1, 0.15) is 0 Å². The zero-order chi connectivity index (χ0) is 8.41. The first-order chi connectivity index (χ1) is 4.27. The van der Waals surface area contributed by atoms with Crippen molar-refractivity contribution in [2.75, 3.05) is 27.7 Å². The van der Waals surface area contributed by atoms with Gasteiger partial charge < -0.3 is 4.48 Å². The van der Waals surface area contributed by atoms with Crippen LogP contribution in [0.25, 0.3) is 0 Å². The summed E-state index contributed by atoms with van der Waals surface area (Å²) >= 11 is 0. The average Bonchev–Trinajstić information content (AvgIpc) is 1.60. The van der Waals surface area contributed by atoms with Crippen LogP contribution in [0.2, 0.25) is 0 Å². The Morgan fingerprint density at radius 2 is 1.50 bits per heavy atom. The van der Waals surface area contributed by atoms with E-state index in [9.17, 15) is 0 Å². The topological polar surface area (TPSA) is 0 Å². The lowest BCUT2D eigenvalue weighted by Gasteiger charge is -2.33. The van der Waals surface area contributed by atoms with E-state index in [1.807, 2.05) is 0 Å². The van der Waals surface area contributed by atoms with E-state index in [1.54, 1.807) is 0 Å². The van der Waals surface area contributed by atoms with Crippen molar-refractivity contribution >= 4 is 0 Å². The summed E-state index contributed by atoms with van der Waals surface area (Å²) < 4.78 is 1.07. The van der Waals surface area contributed by atoms with Gasteiger partial charge in [0, 0.05) is 5.41 Å². The molecule has 0 aromatic rings. The maximum absolute atomic E-state index is 2.33. The van der Waals surface area contributed by atoms with Gasteiger partial charge in [0.15, 0.2) is 0 Å². The van der Waals surface area contributed by atoms with E-state index in [-0.39, 0.29) is 0 Å². The van der Waals surface area contributed by atoms with Gasteiger partial charge in [0.05, 0.1) is 27.7 Å². The predicted octanol–water partition coefficient (Wildman–Crippen LogP) is 2.13. The molecule has 0 heterocycles. The fourth-order valence-electron chi connectivity index (χ4n) is 1.40. The van der Waals surface area contributed by atoms with Crippen LogP contribution in [0, 0.1) is 5.41 Å². The molecule has 0 N–H and O–H groups in total. The summed E-state index contributed by atoms with van der Waals surface area (Å²) in [4.78, 5) is 0. The summed E-state index contributed by atoms with van der Waals surface area (Å²) in [5, 5.41) is 0. The van der Waals surface area contributed by atoms with Crippen molar-refractivity contribution in [2.24, 2.45) is 5.41 Å². The van der Waals surface area contributed by atoms with Crippen LogP contribution in [0.5, 0.6) is 0 Å². The Kier molecular flexibility index (Phi) is 2.90. The Balaban J connectivity index is 3.89. The van der Waals surface area contributed by atoms with E-state index < -0.39 is 0 Å². The highest BCUT2D eigenvalue weighted by molar-refractivity contribution is 4.64. The van der Waals surface area contributed by atoms with Crippen LogP contribution < -0.4 is 0 Å². The van der Waals surface area contributed by atoms with Gasteiger partial charge in [-0.25, -0.2) is 0 Å². The molecule has 0 saturated carbocycles. The molecule has 0 aliphatic heterocycles. The molecule has 0 bridgehead atoms. The predicted molar refractivity (Wildman–Crippen MR) is 47.0 cm³/mol. The monoisotopic (exact) mass is 144 g/mol. The SMILES string of the molecule is CCC(C)(C)C[N+](C)(C)C. The third-order valence-electron chi connectivity index (χ3n) is 1.86. The van der Waals surface area contributed by atoms with Crippen molar-refractivity contribution in [3.05, 3.63) is 0 Å². The standard InChI is InChI=1S/C9H22N/c1-7-9(2,3)8-10(4,5)6/h7-8H2,1-6H3/q+1. The Bertz CT molecular complexity index is 97.8. The first-order valence-electron chi connectivity index (χ1n) is 4.07. The van der Waals surface area contributed by atoms with Gasteiger partial charge in [-0.15, -0.1) is 0 Å². The van der Waals surface area contributed by atoms with Crippen molar-refractivity contribution in [2.45, 2.75) is 27.2 Å². The minimum Gasteiger partial charge on any atom is -0.330 e. The highest BCUT2D eigenvalue weighted by Crippen LogP contribution is 2.21. The number of hydrogen-bond donors (Lipinski definition) is 0. The van der Waals surface area contributed by atoms with Gasteiger partial charge in [0.2, 0.25) is 0 Å². The van der Waals surface area contributed by atoms with Crippen LogP contribution in [0.3, 0.4) is 0 Å². The van der Waals surface area contributed by atoms with E-state index in [0.29, 0.717) is 5.41 Å². The zero-order valence-corrected chi connectivity index (χ0v) is 8.36. The summed E-state index contributed by atoms with van der Waals surface area (Å²) in [5.41, 5.74) is 0.498. The van der Waals surface area contributed by atoms with Gasteiger partial charge in [-0.3, -0.25) is 0 Å². The molecule has 10 heavy (non-hydrogen) atoms. The van der Waals surface area contributed by atoms with Crippen molar-refractivity contribution in [1.82, 2.24) is 0 Å². The third kappa shape index (κ3) is 4.80. The average molecular weight is 144 g/mol. The fraction of sp³-hybridized carbons (Fsp3) is 1.00. The summed E-state index contributed by atoms with van der Waals surface area (Å²) in [6.45, 7) is 8.17. The molecular weight excluding hydrogens is 122 g/mol. The van der Waals surface area contributed by atoms with Crippen molar-refractivity contribution in [3.63, 3.8) is 0 Å². The normalized spacial score (nSPS) is 13.8. The summed E-state index contributed by atoms with van der Waals surface area (Å²) in [6, 6.07) is 0. The highest BCUT2D eigenvalue weighted by Gasteiger charge is 2.23. The van der Waals surface area contributed by atoms with E-state index in [2.05, 4.69) is 41.9 Å². The summed E-state index contributed by atoms with van der Waals surface area (Å²) in [7, 11) is 6.74. The molecule has 0 aliphatic carbocycles. The molecule has 0 aromatic carbocycles. The van der Waals surface area contributed by atoms with Crippen LogP contribution in [-0.4, -0.2) is 32.2 Å². The van der Waals surface area contributed by atoms with Gasteiger partial charge in [-0.1, -0.05) is 20.8 Å². The largest absolute Gasteiger partial charge is 0.330 e. The molecule has 1 heteroatoms. The molecule has 0 saturated heterocycles. The van der Waals surface area contributed by atoms with Gasteiger partial charge in [-0.2, -0.15) is 0 Å². The smallest absolute Gasteiger partial charge is 0.0832 e. The lowest BCUT2D eigenvalue weighted by atomic mass is 9.89. The van der Waals surface area contributed by atoms with E-state index in [0.717, 1.165) is 4.48 Å². The second kappa shape index (κ2) is 2.91. The fourth-order valence-corrected chi connectivity index (χ4v) is 1.40. The number of hydrogen-bond acceptors (Lipinski definition) is 0. The molecule has 62 valence electrons. The quantitative estimate of drug-likeness (QED) is 0.532. The Labute approximate surface area is 65.6 Å². The maximum Gasteiger partial charge on any atom is 0.0832 e. The second-order valence-electron chi connectivity index (χ2n) is 4.97. The minimum atomic E-state index is 0.498. The summed E-state index contributed by atoms with van der Waals surface area (Å²) in [5.74, 6) is 0. The molecule has 0 aromatic heterocycles. The molecule has 0 amide bonds. The van der Waals surface area contributed by atoms with E-state index in [4.69, 9.17) is 0 Å². The molecule has 0 rings (SSSR count). The zero-order valence-electron chi connectivity index (χ0n) is 8.36. The Morgan fingerprint density at radius 3 is 1.60 bits per heavy atom. The Hall–Kier alpha value is -0.0400. The van der Waals surface area contributed by atoms with Crippen LogP contribution in [0.15, 0.2) is 0 Å². The molecular formula is C9H22N+. The molecule has 0 radical (unpaired) electrons. The van der Waals surface area contributed by atoms with Gasteiger partial charge in [0.25, 0.3) is 0 Å². The number of rotatable bonds is 3. The first kappa shape index (κ1) is 9.96. The van der Waals surface area contributed by atoms with Crippen LogP contribution in [-0.2, 0) is 0 Å². The van der Waals surface area contributed by atoms with Crippen LogP contribution >= 0.6 is 0 Å². The lowest BCUT2D eigenvalue weighted by Crippen LogP contribution is -2.42. The number of quaternary nitrogens is 1. The molecule has 1 nitrogen and oxygen atoms in total. The molecule has 0 unspecified atom stereocenters. The number of nitrogens with zero attached hydrogens (tertiary/aromatic N) is 1.